The van der Waals surface area contributed by atoms with Crippen LogP contribution in [0.25, 0.3) is 0 Å². The Morgan fingerprint density at radius 3 is 2.43 bits per heavy atom. The molecule has 0 fully saturated rings. The molecule has 0 saturated heterocycles. The molecule has 5 heteroatoms. The number of carbonyl (C=O) groups is 1. The Morgan fingerprint density at radius 1 is 1.19 bits per heavy atom. The summed E-state index contributed by atoms with van der Waals surface area (Å²) in [5, 5.41) is 3.28. The summed E-state index contributed by atoms with van der Waals surface area (Å²) in [7, 11) is 1.33. The first kappa shape index (κ1) is 15.0. The van der Waals surface area contributed by atoms with E-state index in [1.807, 2.05) is 0 Å². The Morgan fingerprint density at radius 2 is 1.86 bits per heavy atom. The van der Waals surface area contributed by atoms with Crippen molar-refractivity contribution in [3.8, 4) is 0 Å². The standard InChI is InChI=1S/C16H19N3O2/c1-4-11-7-6-8-12(5-2)15(11)19-14-10-17-9-13(18-14)16(20)21-3/h6-10H,4-5H2,1-3H3,(H,18,19). The van der Waals surface area contributed by atoms with E-state index in [-0.39, 0.29) is 5.69 Å². The summed E-state index contributed by atoms with van der Waals surface area (Å²) in [6.45, 7) is 4.22. The average molecular weight is 285 g/mol. The lowest BCUT2D eigenvalue weighted by atomic mass is 10.0. The normalized spacial score (nSPS) is 10.2. The van der Waals surface area contributed by atoms with Crippen LogP contribution in [0.2, 0.25) is 0 Å². The number of ether oxygens (including phenoxy) is 1. The smallest absolute Gasteiger partial charge is 0.358 e. The van der Waals surface area contributed by atoms with Gasteiger partial charge in [0.05, 0.1) is 19.5 Å². The molecular weight excluding hydrogens is 266 g/mol. The van der Waals surface area contributed by atoms with Crippen molar-refractivity contribution in [1.82, 2.24) is 9.97 Å². The number of benzene rings is 1. The van der Waals surface area contributed by atoms with E-state index in [0.717, 1.165) is 18.5 Å². The molecule has 0 spiro atoms. The largest absolute Gasteiger partial charge is 0.464 e. The van der Waals surface area contributed by atoms with Crippen LogP contribution in [0.5, 0.6) is 0 Å². The lowest BCUT2D eigenvalue weighted by Crippen LogP contribution is -2.08. The van der Waals surface area contributed by atoms with Crippen molar-refractivity contribution >= 4 is 17.5 Å². The van der Waals surface area contributed by atoms with E-state index in [1.165, 1.54) is 24.4 Å². The van der Waals surface area contributed by atoms with Gasteiger partial charge in [0.25, 0.3) is 0 Å². The Labute approximate surface area is 124 Å². The first-order valence-corrected chi connectivity index (χ1v) is 6.97. The van der Waals surface area contributed by atoms with Gasteiger partial charge in [-0.3, -0.25) is 4.98 Å². The maximum Gasteiger partial charge on any atom is 0.358 e. The topological polar surface area (TPSA) is 64.1 Å². The summed E-state index contributed by atoms with van der Waals surface area (Å²) in [6, 6.07) is 6.22. The predicted molar refractivity (Wildman–Crippen MR) is 81.9 cm³/mol. The maximum absolute atomic E-state index is 11.5. The van der Waals surface area contributed by atoms with Crippen LogP contribution >= 0.6 is 0 Å². The van der Waals surface area contributed by atoms with Crippen molar-refractivity contribution in [3.05, 3.63) is 47.4 Å². The van der Waals surface area contributed by atoms with Crippen LogP contribution in [0.15, 0.2) is 30.6 Å². The van der Waals surface area contributed by atoms with Crippen LogP contribution in [0.3, 0.4) is 0 Å². The molecule has 1 aromatic carbocycles. The Hall–Kier alpha value is -2.43. The van der Waals surface area contributed by atoms with Crippen molar-refractivity contribution in [2.75, 3.05) is 12.4 Å². The molecule has 1 heterocycles. The van der Waals surface area contributed by atoms with E-state index in [1.54, 1.807) is 6.20 Å². The molecule has 0 saturated carbocycles. The minimum absolute atomic E-state index is 0.189. The molecule has 1 aromatic heterocycles. The van der Waals surface area contributed by atoms with Gasteiger partial charge in [-0.15, -0.1) is 0 Å². The summed E-state index contributed by atoms with van der Waals surface area (Å²) in [4.78, 5) is 19.8. The lowest BCUT2D eigenvalue weighted by molar-refractivity contribution is 0.0593. The molecule has 0 unspecified atom stereocenters. The highest BCUT2D eigenvalue weighted by Crippen LogP contribution is 2.25. The van der Waals surface area contributed by atoms with Gasteiger partial charge in [0.1, 0.15) is 5.82 Å². The van der Waals surface area contributed by atoms with E-state index < -0.39 is 5.97 Å². The molecular formula is C16H19N3O2. The van der Waals surface area contributed by atoms with E-state index in [0.29, 0.717) is 5.82 Å². The summed E-state index contributed by atoms with van der Waals surface area (Å²) < 4.78 is 4.66. The Balaban J connectivity index is 2.36. The minimum atomic E-state index is -0.495. The van der Waals surface area contributed by atoms with Crippen LogP contribution in [0.1, 0.15) is 35.5 Å². The van der Waals surface area contributed by atoms with Gasteiger partial charge in [0.15, 0.2) is 5.69 Å². The molecule has 0 aliphatic carbocycles. The van der Waals surface area contributed by atoms with Crippen molar-refractivity contribution in [1.29, 1.82) is 0 Å². The predicted octanol–water partition coefficient (Wildman–Crippen LogP) is 3.13. The molecule has 5 nitrogen and oxygen atoms in total. The number of hydrogen-bond acceptors (Lipinski definition) is 5. The lowest BCUT2D eigenvalue weighted by Gasteiger charge is -2.14. The van der Waals surface area contributed by atoms with E-state index in [2.05, 4.69) is 52.1 Å². The van der Waals surface area contributed by atoms with Crippen LogP contribution in [-0.4, -0.2) is 23.0 Å². The van der Waals surface area contributed by atoms with Gasteiger partial charge < -0.3 is 10.1 Å². The third kappa shape index (κ3) is 3.37. The fourth-order valence-corrected chi connectivity index (χ4v) is 2.16. The number of methoxy groups -OCH3 is 1. The fourth-order valence-electron chi connectivity index (χ4n) is 2.16. The number of nitrogens with one attached hydrogen (secondary N) is 1. The maximum atomic E-state index is 11.5. The molecule has 110 valence electrons. The fraction of sp³-hybridized carbons (Fsp3) is 0.312. The van der Waals surface area contributed by atoms with Gasteiger partial charge in [0.2, 0.25) is 0 Å². The molecule has 1 N–H and O–H groups in total. The number of aromatic nitrogens is 2. The van der Waals surface area contributed by atoms with Crippen LogP contribution in [-0.2, 0) is 17.6 Å². The van der Waals surface area contributed by atoms with E-state index in [4.69, 9.17) is 0 Å². The molecule has 21 heavy (non-hydrogen) atoms. The van der Waals surface area contributed by atoms with Crippen molar-refractivity contribution in [3.63, 3.8) is 0 Å². The van der Waals surface area contributed by atoms with Crippen molar-refractivity contribution in [2.45, 2.75) is 26.7 Å². The number of aryl methyl sites for hydroxylation is 2. The number of para-hydroxylation sites is 1. The molecule has 0 radical (unpaired) electrons. The Kier molecular flexibility index (Phi) is 4.87. The number of nitrogens with zero attached hydrogens (tertiary/aromatic N) is 2. The molecule has 0 aliphatic heterocycles. The van der Waals surface area contributed by atoms with Crippen LogP contribution in [0.4, 0.5) is 11.5 Å². The number of carbonyl (C=O) groups excluding carboxylic acids is 1. The molecule has 2 rings (SSSR count). The van der Waals surface area contributed by atoms with Crippen LogP contribution < -0.4 is 5.32 Å². The highest BCUT2D eigenvalue weighted by Gasteiger charge is 2.11. The molecule has 0 amide bonds. The number of esters is 1. The first-order chi connectivity index (χ1) is 10.2. The SMILES string of the molecule is CCc1cccc(CC)c1Nc1cncc(C(=O)OC)n1. The monoisotopic (exact) mass is 285 g/mol. The van der Waals surface area contributed by atoms with Crippen LogP contribution in [0, 0.1) is 0 Å². The highest BCUT2D eigenvalue weighted by atomic mass is 16.5. The number of rotatable bonds is 5. The average Bonchev–Trinajstić information content (AvgIpc) is 2.54. The zero-order valence-electron chi connectivity index (χ0n) is 12.5. The summed E-state index contributed by atoms with van der Waals surface area (Å²) in [5.41, 5.74) is 3.65. The minimum Gasteiger partial charge on any atom is -0.464 e. The number of anilines is 2. The molecule has 0 atom stereocenters. The molecule has 0 bridgehead atoms. The molecule has 2 aromatic rings. The summed E-state index contributed by atoms with van der Waals surface area (Å²) in [5.74, 6) is 0.0409. The van der Waals surface area contributed by atoms with Gasteiger partial charge in [-0.05, 0) is 24.0 Å². The van der Waals surface area contributed by atoms with Gasteiger partial charge in [-0.2, -0.15) is 0 Å². The van der Waals surface area contributed by atoms with Gasteiger partial charge in [-0.1, -0.05) is 32.0 Å². The third-order valence-corrected chi connectivity index (χ3v) is 3.28. The highest BCUT2D eigenvalue weighted by molar-refractivity contribution is 5.87. The zero-order chi connectivity index (χ0) is 15.2. The first-order valence-electron chi connectivity index (χ1n) is 6.97. The number of hydrogen-bond donors (Lipinski definition) is 1. The van der Waals surface area contributed by atoms with Gasteiger partial charge in [0, 0.05) is 5.69 Å². The summed E-state index contributed by atoms with van der Waals surface area (Å²) in [6.07, 6.45) is 4.82. The second kappa shape index (κ2) is 6.83. The van der Waals surface area contributed by atoms with Gasteiger partial charge >= 0.3 is 5.97 Å². The van der Waals surface area contributed by atoms with E-state index in [9.17, 15) is 4.79 Å². The van der Waals surface area contributed by atoms with Gasteiger partial charge in [-0.25, -0.2) is 9.78 Å². The van der Waals surface area contributed by atoms with Crippen molar-refractivity contribution in [2.24, 2.45) is 0 Å². The third-order valence-electron chi connectivity index (χ3n) is 3.28. The quantitative estimate of drug-likeness (QED) is 0.855. The zero-order valence-corrected chi connectivity index (χ0v) is 12.5. The second-order valence-electron chi connectivity index (χ2n) is 4.56. The molecule has 0 aliphatic rings. The Bertz CT molecular complexity index is 619. The summed E-state index contributed by atoms with van der Waals surface area (Å²) >= 11 is 0. The van der Waals surface area contributed by atoms with Crippen molar-refractivity contribution < 1.29 is 9.53 Å². The second-order valence-corrected chi connectivity index (χ2v) is 4.56. The van der Waals surface area contributed by atoms with E-state index >= 15 is 0 Å².